The lowest BCUT2D eigenvalue weighted by atomic mass is 10.0. The zero-order valence-electron chi connectivity index (χ0n) is 9.60. The molecule has 17 heavy (non-hydrogen) atoms. The van der Waals surface area contributed by atoms with Gasteiger partial charge in [-0.1, -0.05) is 30.3 Å². The van der Waals surface area contributed by atoms with Crippen molar-refractivity contribution in [1.82, 2.24) is 0 Å². The van der Waals surface area contributed by atoms with Gasteiger partial charge in [-0.05, 0) is 16.8 Å². The summed E-state index contributed by atoms with van der Waals surface area (Å²) in [6, 6.07) is 11.7. The molecule has 0 radical (unpaired) electrons. The van der Waals surface area contributed by atoms with Crippen LogP contribution in [0.3, 0.4) is 0 Å². The minimum atomic E-state index is -0.0458. The number of rotatable bonds is 5. The molecule has 3 heteroatoms. The van der Waals surface area contributed by atoms with Gasteiger partial charge in [0.25, 0.3) is 0 Å². The van der Waals surface area contributed by atoms with Crippen LogP contribution in [0.2, 0.25) is 0 Å². The molecule has 0 aliphatic carbocycles. The minimum Gasteiger partial charge on any atom is -0.493 e. The van der Waals surface area contributed by atoms with Crippen molar-refractivity contribution in [1.29, 1.82) is 0 Å². The van der Waals surface area contributed by atoms with Gasteiger partial charge in [-0.3, -0.25) is 0 Å². The highest BCUT2D eigenvalue weighted by molar-refractivity contribution is 5.87. The van der Waals surface area contributed by atoms with Crippen LogP contribution in [0.15, 0.2) is 36.4 Å². The predicted molar refractivity (Wildman–Crippen MR) is 67.1 cm³/mol. The number of benzene rings is 2. The molecule has 0 atom stereocenters. The Labute approximate surface area is 100 Å². The molecule has 2 rings (SSSR count). The number of ether oxygens (including phenoxy) is 1. The van der Waals surface area contributed by atoms with Gasteiger partial charge < -0.3 is 14.9 Å². The van der Waals surface area contributed by atoms with E-state index in [1.165, 1.54) is 0 Å². The molecular formula is C14H16O3. The van der Waals surface area contributed by atoms with E-state index in [4.69, 9.17) is 9.84 Å². The predicted octanol–water partition coefficient (Wildman–Crippen LogP) is 2.09. The van der Waals surface area contributed by atoms with Crippen LogP contribution in [-0.4, -0.2) is 23.4 Å². The maximum atomic E-state index is 9.44. The zero-order chi connectivity index (χ0) is 12.1. The Bertz CT molecular complexity index is 494. The van der Waals surface area contributed by atoms with Crippen LogP contribution in [0.5, 0.6) is 5.75 Å². The summed E-state index contributed by atoms with van der Waals surface area (Å²) >= 11 is 0. The summed E-state index contributed by atoms with van der Waals surface area (Å²) in [5, 5.41) is 20.3. The summed E-state index contributed by atoms with van der Waals surface area (Å²) in [5.41, 5.74) is 0.807. The van der Waals surface area contributed by atoms with Crippen molar-refractivity contribution in [2.45, 2.75) is 13.0 Å². The van der Waals surface area contributed by atoms with E-state index in [2.05, 4.69) is 0 Å². The van der Waals surface area contributed by atoms with Crippen LogP contribution in [0.4, 0.5) is 0 Å². The maximum absolute atomic E-state index is 9.44. The third-order valence-corrected chi connectivity index (χ3v) is 2.72. The Kier molecular flexibility index (Phi) is 3.96. The highest BCUT2D eigenvalue weighted by Gasteiger charge is 2.07. The third kappa shape index (κ3) is 2.57. The SMILES string of the molecule is OCCCOc1ccc2ccccc2c1CO. The van der Waals surface area contributed by atoms with Gasteiger partial charge in [0.1, 0.15) is 5.75 Å². The van der Waals surface area contributed by atoms with Crippen molar-refractivity contribution in [2.24, 2.45) is 0 Å². The molecule has 0 aromatic heterocycles. The van der Waals surface area contributed by atoms with Gasteiger partial charge in [-0.25, -0.2) is 0 Å². The molecule has 0 saturated heterocycles. The number of fused-ring (bicyclic) bond motifs is 1. The lowest BCUT2D eigenvalue weighted by Crippen LogP contribution is -2.02. The fraction of sp³-hybridized carbons (Fsp3) is 0.286. The van der Waals surface area contributed by atoms with Gasteiger partial charge in [0, 0.05) is 18.6 Å². The molecule has 0 aliphatic rings. The largest absolute Gasteiger partial charge is 0.493 e. The molecule has 3 nitrogen and oxygen atoms in total. The Morgan fingerprint density at radius 3 is 2.59 bits per heavy atom. The molecule has 0 heterocycles. The highest BCUT2D eigenvalue weighted by atomic mass is 16.5. The van der Waals surface area contributed by atoms with Crippen LogP contribution >= 0.6 is 0 Å². The first-order chi connectivity index (χ1) is 8.36. The van der Waals surface area contributed by atoms with E-state index in [1.807, 2.05) is 36.4 Å². The van der Waals surface area contributed by atoms with E-state index in [0.29, 0.717) is 18.8 Å². The Morgan fingerprint density at radius 1 is 1.00 bits per heavy atom. The van der Waals surface area contributed by atoms with Crippen LogP contribution in [-0.2, 0) is 6.61 Å². The molecular weight excluding hydrogens is 216 g/mol. The molecule has 2 aromatic rings. The monoisotopic (exact) mass is 232 g/mol. The van der Waals surface area contributed by atoms with E-state index < -0.39 is 0 Å². The van der Waals surface area contributed by atoms with Crippen LogP contribution < -0.4 is 4.74 Å². The van der Waals surface area contributed by atoms with Crippen molar-refractivity contribution in [2.75, 3.05) is 13.2 Å². The van der Waals surface area contributed by atoms with Crippen LogP contribution in [0.1, 0.15) is 12.0 Å². The molecule has 2 aromatic carbocycles. The molecule has 0 bridgehead atoms. The molecule has 0 fully saturated rings. The molecule has 0 unspecified atom stereocenters. The van der Waals surface area contributed by atoms with Gasteiger partial charge in [-0.15, -0.1) is 0 Å². The lowest BCUT2D eigenvalue weighted by molar-refractivity contribution is 0.226. The topological polar surface area (TPSA) is 49.7 Å². The van der Waals surface area contributed by atoms with Crippen molar-refractivity contribution in [3.63, 3.8) is 0 Å². The number of aliphatic hydroxyl groups is 2. The lowest BCUT2D eigenvalue weighted by Gasteiger charge is -2.12. The maximum Gasteiger partial charge on any atom is 0.125 e. The second kappa shape index (κ2) is 5.66. The highest BCUT2D eigenvalue weighted by Crippen LogP contribution is 2.28. The minimum absolute atomic E-state index is 0.0458. The van der Waals surface area contributed by atoms with Crippen molar-refractivity contribution >= 4 is 10.8 Å². The average molecular weight is 232 g/mol. The van der Waals surface area contributed by atoms with E-state index >= 15 is 0 Å². The summed E-state index contributed by atoms with van der Waals surface area (Å²) in [7, 11) is 0. The van der Waals surface area contributed by atoms with E-state index in [0.717, 1.165) is 16.3 Å². The molecule has 2 N–H and O–H groups in total. The van der Waals surface area contributed by atoms with Crippen molar-refractivity contribution in [3.05, 3.63) is 42.0 Å². The second-order valence-electron chi connectivity index (χ2n) is 3.85. The Balaban J connectivity index is 2.35. The summed E-state index contributed by atoms with van der Waals surface area (Å²) in [6.07, 6.45) is 0.595. The van der Waals surface area contributed by atoms with Gasteiger partial charge in [0.15, 0.2) is 0 Å². The molecule has 0 aliphatic heterocycles. The zero-order valence-corrected chi connectivity index (χ0v) is 9.60. The summed E-state index contributed by atoms with van der Waals surface area (Å²) in [5.74, 6) is 0.694. The average Bonchev–Trinajstić information content (AvgIpc) is 2.38. The molecule has 90 valence electrons. The number of aliphatic hydroxyl groups excluding tert-OH is 2. The number of hydrogen-bond donors (Lipinski definition) is 2. The molecule has 0 saturated carbocycles. The fourth-order valence-corrected chi connectivity index (χ4v) is 1.86. The van der Waals surface area contributed by atoms with Gasteiger partial charge >= 0.3 is 0 Å². The normalized spacial score (nSPS) is 10.7. The Morgan fingerprint density at radius 2 is 1.82 bits per heavy atom. The third-order valence-electron chi connectivity index (χ3n) is 2.72. The quantitative estimate of drug-likeness (QED) is 0.776. The van der Waals surface area contributed by atoms with Crippen molar-refractivity contribution < 1.29 is 14.9 Å². The summed E-state index contributed by atoms with van der Waals surface area (Å²) in [4.78, 5) is 0. The van der Waals surface area contributed by atoms with Gasteiger partial charge in [-0.2, -0.15) is 0 Å². The van der Waals surface area contributed by atoms with E-state index in [9.17, 15) is 5.11 Å². The molecule has 0 spiro atoms. The van der Waals surface area contributed by atoms with Crippen molar-refractivity contribution in [3.8, 4) is 5.75 Å². The fourth-order valence-electron chi connectivity index (χ4n) is 1.86. The Hall–Kier alpha value is -1.58. The second-order valence-corrected chi connectivity index (χ2v) is 3.85. The number of hydrogen-bond acceptors (Lipinski definition) is 3. The van der Waals surface area contributed by atoms with E-state index in [1.54, 1.807) is 0 Å². The van der Waals surface area contributed by atoms with Gasteiger partial charge in [0.2, 0.25) is 0 Å². The molecule has 0 amide bonds. The summed E-state index contributed by atoms with van der Waals surface area (Å²) in [6.45, 7) is 0.527. The van der Waals surface area contributed by atoms with Gasteiger partial charge in [0.05, 0.1) is 13.2 Å². The summed E-state index contributed by atoms with van der Waals surface area (Å²) < 4.78 is 5.56. The van der Waals surface area contributed by atoms with Crippen LogP contribution in [0.25, 0.3) is 10.8 Å². The standard InChI is InChI=1S/C14H16O3/c15-8-3-9-17-14-7-6-11-4-1-2-5-12(11)13(14)10-16/h1-2,4-7,15-16H,3,8-10H2. The smallest absolute Gasteiger partial charge is 0.125 e. The first-order valence-corrected chi connectivity index (χ1v) is 5.72. The van der Waals surface area contributed by atoms with E-state index in [-0.39, 0.29) is 13.2 Å². The first kappa shape index (κ1) is 11.9. The van der Waals surface area contributed by atoms with Crippen LogP contribution in [0, 0.1) is 0 Å². The first-order valence-electron chi connectivity index (χ1n) is 5.72.